The standard InChI is InChI=1S/C12H19N5O2/c1-7-5-12(6-7,10(13)17-19)11(18)16-8(2)9-14-3-4-15-9/h3-4,7-8,19H,5-6H2,1-2H3,(H2,13,17)(H,14,15)(H,16,18). The second kappa shape index (κ2) is 4.91. The second-order valence-corrected chi connectivity index (χ2v) is 5.25. The molecule has 1 aromatic heterocycles. The molecule has 1 aliphatic carbocycles. The van der Waals surface area contributed by atoms with E-state index < -0.39 is 5.41 Å². The van der Waals surface area contributed by atoms with Crippen LogP contribution in [0.1, 0.15) is 38.6 Å². The molecular formula is C12H19N5O2. The summed E-state index contributed by atoms with van der Waals surface area (Å²) in [4.78, 5) is 19.4. The largest absolute Gasteiger partial charge is 0.409 e. The predicted molar refractivity (Wildman–Crippen MR) is 69.4 cm³/mol. The van der Waals surface area contributed by atoms with Gasteiger partial charge in [0.25, 0.3) is 0 Å². The summed E-state index contributed by atoms with van der Waals surface area (Å²) in [7, 11) is 0. The van der Waals surface area contributed by atoms with Crippen LogP contribution in [-0.4, -0.2) is 26.9 Å². The quantitative estimate of drug-likeness (QED) is 0.278. The smallest absolute Gasteiger partial charge is 0.234 e. The summed E-state index contributed by atoms with van der Waals surface area (Å²) in [5, 5.41) is 14.7. The number of hydrogen-bond donors (Lipinski definition) is 4. The number of aromatic nitrogens is 2. The van der Waals surface area contributed by atoms with Crippen molar-refractivity contribution in [2.24, 2.45) is 22.2 Å². The van der Waals surface area contributed by atoms with Crippen molar-refractivity contribution in [1.29, 1.82) is 0 Å². The molecule has 0 aliphatic heterocycles. The number of amides is 1. The third kappa shape index (κ3) is 2.27. The van der Waals surface area contributed by atoms with Crippen molar-refractivity contribution in [3.05, 3.63) is 18.2 Å². The zero-order chi connectivity index (χ0) is 14.0. The first-order valence-electron chi connectivity index (χ1n) is 6.28. The molecule has 5 N–H and O–H groups in total. The number of nitrogens with one attached hydrogen (secondary N) is 2. The third-order valence-electron chi connectivity index (χ3n) is 3.70. The number of nitrogens with two attached hydrogens (primary N) is 1. The minimum atomic E-state index is -0.880. The number of hydrogen-bond acceptors (Lipinski definition) is 4. The van der Waals surface area contributed by atoms with Gasteiger partial charge in [-0.1, -0.05) is 12.1 Å². The van der Waals surface area contributed by atoms with Gasteiger partial charge in [0, 0.05) is 12.4 Å². The molecule has 1 unspecified atom stereocenters. The van der Waals surface area contributed by atoms with Gasteiger partial charge < -0.3 is 21.2 Å². The maximum Gasteiger partial charge on any atom is 0.234 e. The Labute approximate surface area is 111 Å². The van der Waals surface area contributed by atoms with Gasteiger partial charge in [-0.05, 0) is 25.7 Å². The number of imidazole rings is 1. The average Bonchev–Trinajstić information content (AvgIpc) is 2.87. The van der Waals surface area contributed by atoms with E-state index in [0.29, 0.717) is 24.6 Å². The second-order valence-electron chi connectivity index (χ2n) is 5.25. The fraction of sp³-hybridized carbons (Fsp3) is 0.583. The Balaban J connectivity index is 2.09. The Kier molecular flexibility index (Phi) is 3.46. The summed E-state index contributed by atoms with van der Waals surface area (Å²) in [6.07, 6.45) is 4.52. The van der Waals surface area contributed by atoms with Gasteiger partial charge in [-0.15, -0.1) is 0 Å². The van der Waals surface area contributed by atoms with Gasteiger partial charge in [0.1, 0.15) is 11.2 Å². The molecule has 7 heteroatoms. The molecular weight excluding hydrogens is 246 g/mol. The maximum atomic E-state index is 12.4. The average molecular weight is 265 g/mol. The molecule has 1 saturated carbocycles. The lowest BCUT2D eigenvalue weighted by molar-refractivity contribution is -0.133. The van der Waals surface area contributed by atoms with Crippen LogP contribution in [0.5, 0.6) is 0 Å². The molecule has 1 amide bonds. The SMILES string of the molecule is CC1CC(C(=O)NC(C)c2ncc[nH]2)(/C(N)=N/O)C1. The van der Waals surface area contributed by atoms with Crippen LogP contribution in [0.25, 0.3) is 0 Å². The molecule has 1 atom stereocenters. The molecule has 0 radical (unpaired) electrons. The first kappa shape index (κ1) is 13.4. The molecule has 1 aliphatic rings. The number of aromatic amines is 1. The van der Waals surface area contributed by atoms with Crippen LogP contribution in [0.2, 0.25) is 0 Å². The number of oxime groups is 1. The van der Waals surface area contributed by atoms with Crippen LogP contribution in [0.15, 0.2) is 17.5 Å². The van der Waals surface area contributed by atoms with Crippen molar-refractivity contribution < 1.29 is 10.0 Å². The molecule has 104 valence electrons. The highest BCUT2D eigenvalue weighted by atomic mass is 16.4. The fourth-order valence-corrected chi connectivity index (χ4v) is 2.65. The van der Waals surface area contributed by atoms with E-state index in [1.54, 1.807) is 12.4 Å². The van der Waals surface area contributed by atoms with E-state index in [1.165, 1.54) is 0 Å². The first-order valence-corrected chi connectivity index (χ1v) is 6.28. The van der Waals surface area contributed by atoms with Crippen LogP contribution < -0.4 is 11.1 Å². The lowest BCUT2D eigenvalue weighted by atomic mass is 9.61. The van der Waals surface area contributed by atoms with E-state index in [4.69, 9.17) is 10.9 Å². The van der Waals surface area contributed by atoms with Crippen molar-refractivity contribution in [3.63, 3.8) is 0 Å². The van der Waals surface area contributed by atoms with E-state index in [2.05, 4.69) is 20.4 Å². The summed E-state index contributed by atoms with van der Waals surface area (Å²) in [5.41, 5.74) is 4.81. The van der Waals surface area contributed by atoms with Crippen molar-refractivity contribution in [1.82, 2.24) is 15.3 Å². The maximum absolute atomic E-state index is 12.4. The van der Waals surface area contributed by atoms with Gasteiger partial charge in [0.2, 0.25) is 5.91 Å². The molecule has 19 heavy (non-hydrogen) atoms. The number of carbonyl (C=O) groups excluding carboxylic acids is 1. The topological polar surface area (TPSA) is 116 Å². The number of nitrogens with zero attached hydrogens (tertiary/aromatic N) is 2. The van der Waals surface area contributed by atoms with Crippen LogP contribution in [-0.2, 0) is 4.79 Å². The Morgan fingerprint density at radius 2 is 2.42 bits per heavy atom. The van der Waals surface area contributed by atoms with Gasteiger partial charge in [-0.3, -0.25) is 4.79 Å². The van der Waals surface area contributed by atoms with E-state index in [-0.39, 0.29) is 17.8 Å². The minimum absolute atomic E-state index is 0.0188. The minimum Gasteiger partial charge on any atom is -0.409 e. The van der Waals surface area contributed by atoms with Crippen LogP contribution in [0.4, 0.5) is 0 Å². The Morgan fingerprint density at radius 1 is 1.74 bits per heavy atom. The molecule has 7 nitrogen and oxygen atoms in total. The van der Waals surface area contributed by atoms with E-state index >= 15 is 0 Å². The van der Waals surface area contributed by atoms with Gasteiger partial charge in [-0.2, -0.15) is 0 Å². The number of amidine groups is 1. The van der Waals surface area contributed by atoms with Crippen molar-refractivity contribution in [2.75, 3.05) is 0 Å². The lowest BCUT2D eigenvalue weighted by Gasteiger charge is -2.44. The molecule has 1 heterocycles. The van der Waals surface area contributed by atoms with Crippen LogP contribution >= 0.6 is 0 Å². The molecule has 0 spiro atoms. The molecule has 2 rings (SSSR count). The summed E-state index contributed by atoms with van der Waals surface area (Å²) >= 11 is 0. The summed E-state index contributed by atoms with van der Waals surface area (Å²) in [6.45, 7) is 3.87. The van der Waals surface area contributed by atoms with Crippen LogP contribution in [0.3, 0.4) is 0 Å². The lowest BCUT2D eigenvalue weighted by Crippen LogP contribution is -2.57. The number of carbonyl (C=O) groups is 1. The highest BCUT2D eigenvalue weighted by molar-refractivity contribution is 6.07. The molecule has 1 fully saturated rings. The van der Waals surface area contributed by atoms with Gasteiger partial charge in [-0.25, -0.2) is 4.98 Å². The van der Waals surface area contributed by atoms with Gasteiger partial charge in [0.15, 0.2) is 5.84 Å². The first-order chi connectivity index (χ1) is 8.99. The Bertz CT molecular complexity index is 476. The Morgan fingerprint density at radius 3 is 2.89 bits per heavy atom. The zero-order valence-corrected chi connectivity index (χ0v) is 11.1. The predicted octanol–water partition coefficient (Wildman–Crippen LogP) is 0.750. The van der Waals surface area contributed by atoms with Crippen molar-refractivity contribution >= 4 is 11.7 Å². The van der Waals surface area contributed by atoms with Crippen LogP contribution in [0, 0.1) is 11.3 Å². The van der Waals surface area contributed by atoms with Gasteiger partial charge >= 0.3 is 0 Å². The van der Waals surface area contributed by atoms with Crippen molar-refractivity contribution in [3.8, 4) is 0 Å². The Hall–Kier alpha value is -2.05. The third-order valence-corrected chi connectivity index (χ3v) is 3.70. The van der Waals surface area contributed by atoms with Crippen molar-refractivity contribution in [2.45, 2.75) is 32.7 Å². The fourth-order valence-electron chi connectivity index (χ4n) is 2.65. The van der Waals surface area contributed by atoms with E-state index in [9.17, 15) is 4.79 Å². The molecule has 0 bridgehead atoms. The zero-order valence-electron chi connectivity index (χ0n) is 11.1. The van der Waals surface area contributed by atoms with E-state index in [1.807, 2.05) is 13.8 Å². The van der Waals surface area contributed by atoms with Gasteiger partial charge in [0.05, 0.1) is 6.04 Å². The normalized spacial score (nSPS) is 28.5. The highest BCUT2D eigenvalue weighted by Gasteiger charge is 2.52. The molecule has 1 aromatic rings. The molecule has 0 aromatic carbocycles. The number of rotatable bonds is 4. The monoisotopic (exact) mass is 265 g/mol. The molecule has 0 saturated heterocycles. The highest BCUT2D eigenvalue weighted by Crippen LogP contribution is 2.46. The summed E-state index contributed by atoms with van der Waals surface area (Å²) in [5.74, 6) is 0.833. The summed E-state index contributed by atoms with van der Waals surface area (Å²) < 4.78 is 0. The van der Waals surface area contributed by atoms with E-state index in [0.717, 1.165) is 0 Å². The summed E-state index contributed by atoms with van der Waals surface area (Å²) in [6, 6.07) is -0.248. The number of H-pyrrole nitrogens is 1.